The number of benzene rings is 3. The van der Waals surface area contributed by atoms with Gasteiger partial charge in [-0.3, -0.25) is 19.2 Å². The normalized spacial score (nSPS) is 10.4. The van der Waals surface area contributed by atoms with Crippen molar-refractivity contribution in [2.45, 2.75) is 25.7 Å². The minimum absolute atomic E-state index is 0.0888. The molecule has 0 saturated heterocycles. The Bertz CT molecular complexity index is 1170. The van der Waals surface area contributed by atoms with E-state index in [2.05, 4.69) is 21.3 Å². The van der Waals surface area contributed by atoms with E-state index in [0.29, 0.717) is 72.4 Å². The Morgan fingerprint density at radius 3 is 1.07 bits per heavy atom. The average molecular weight is 547 g/mol. The Morgan fingerprint density at radius 2 is 0.750 bits per heavy atom. The minimum Gasteiger partial charge on any atom is -0.396 e. The van der Waals surface area contributed by atoms with Crippen LogP contribution in [0, 0.1) is 0 Å². The highest BCUT2D eigenvalue weighted by Gasteiger charge is 2.12. The van der Waals surface area contributed by atoms with Gasteiger partial charge in [0.1, 0.15) is 0 Å². The fourth-order valence-corrected chi connectivity index (χ4v) is 3.67. The number of aliphatic hydroxyl groups is 2. The van der Waals surface area contributed by atoms with Gasteiger partial charge in [-0.15, -0.1) is 0 Å². The standard InChI is InChI=1S/C30H34N4O6/c35-19-3-1-17-31-27(37)21-9-13-25(14-10-21)33-29(39)23-5-7-24(8-6-23)30(40)34-26-15-11-22(12-16-26)28(38)32-18-2-4-20-36/h5-16,35-36H,1-4,17-20H2,(H,31,37)(H,32,38)(H,33,39)(H,34,40). The van der Waals surface area contributed by atoms with Gasteiger partial charge in [0, 0.05) is 59.9 Å². The summed E-state index contributed by atoms with van der Waals surface area (Å²) in [5.41, 5.74) is 2.68. The maximum atomic E-state index is 12.6. The number of amides is 4. The molecule has 10 nitrogen and oxygen atoms in total. The van der Waals surface area contributed by atoms with Crippen molar-refractivity contribution in [3.05, 3.63) is 95.1 Å². The van der Waals surface area contributed by atoms with Crippen LogP contribution in [0.5, 0.6) is 0 Å². The molecule has 0 bridgehead atoms. The van der Waals surface area contributed by atoms with Crippen LogP contribution in [0.15, 0.2) is 72.8 Å². The van der Waals surface area contributed by atoms with Crippen molar-refractivity contribution in [1.82, 2.24) is 10.6 Å². The number of rotatable bonds is 14. The van der Waals surface area contributed by atoms with E-state index >= 15 is 0 Å². The van der Waals surface area contributed by atoms with Crippen LogP contribution in [0.25, 0.3) is 0 Å². The summed E-state index contributed by atoms with van der Waals surface area (Å²) in [6.45, 7) is 1.13. The summed E-state index contributed by atoms with van der Waals surface area (Å²) >= 11 is 0. The molecule has 0 aliphatic rings. The van der Waals surface area contributed by atoms with E-state index in [4.69, 9.17) is 10.2 Å². The zero-order valence-electron chi connectivity index (χ0n) is 22.1. The van der Waals surface area contributed by atoms with Crippen LogP contribution in [-0.2, 0) is 0 Å². The Hall–Kier alpha value is -4.54. The maximum absolute atomic E-state index is 12.6. The first kappa shape index (κ1) is 30.0. The molecule has 0 heterocycles. The summed E-state index contributed by atoms with van der Waals surface area (Å²) in [5, 5.41) is 28.7. The molecule has 0 spiro atoms. The summed E-state index contributed by atoms with van der Waals surface area (Å²) in [6, 6.07) is 19.2. The predicted molar refractivity (Wildman–Crippen MR) is 153 cm³/mol. The molecule has 10 heteroatoms. The quantitative estimate of drug-likeness (QED) is 0.171. The van der Waals surface area contributed by atoms with Gasteiger partial charge >= 0.3 is 0 Å². The largest absolute Gasteiger partial charge is 0.396 e. The molecule has 0 aromatic heterocycles. The number of aliphatic hydroxyl groups excluding tert-OH is 2. The monoisotopic (exact) mass is 546 g/mol. The number of unbranched alkanes of at least 4 members (excludes halogenated alkanes) is 2. The van der Waals surface area contributed by atoms with Crippen molar-refractivity contribution in [2.75, 3.05) is 36.9 Å². The molecule has 3 rings (SSSR count). The van der Waals surface area contributed by atoms with E-state index in [0.717, 1.165) is 0 Å². The van der Waals surface area contributed by atoms with Crippen LogP contribution in [0.4, 0.5) is 11.4 Å². The van der Waals surface area contributed by atoms with E-state index in [1.165, 1.54) is 0 Å². The number of carbonyl (C=O) groups excluding carboxylic acids is 4. The molecule has 0 atom stereocenters. The van der Waals surface area contributed by atoms with Crippen LogP contribution in [0.1, 0.15) is 67.1 Å². The first-order chi connectivity index (χ1) is 19.4. The molecule has 4 amide bonds. The van der Waals surface area contributed by atoms with Gasteiger partial charge in [0.15, 0.2) is 0 Å². The van der Waals surface area contributed by atoms with Gasteiger partial charge in [0.05, 0.1) is 0 Å². The van der Waals surface area contributed by atoms with Gasteiger partial charge in [-0.2, -0.15) is 0 Å². The second-order valence-electron chi connectivity index (χ2n) is 9.01. The van der Waals surface area contributed by atoms with Crippen LogP contribution >= 0.6 is 0 Å². The van der Waals surface area contributed by atoms with Crippen molar-refractivity contribution >= 4 is 35.0 Å². The number of hydrogen-bond acceptors (Lipinski definition) is 6. The highest BCUT2D eigenvalue weighted by Crippen LogP contribution is 2.15. The lowest BCUT2D eigenvalue weighted by atomic mass is 10.1. The van der Waals surface area contributed by atoms with E-state index in [1.54, 1.807) is 72.8 Å². The first-order valence-electron chi connectivity index (χ1n) is 13.1. The zero-order valence-corrected chi connectivity index (χ0v) is 22.1. The highest BCUT2D eigenvalue weighted by atomic mass is 16.3. The van der Waals surface area contributed by atoms with Gasteiger partial charge < -0.3 is 31.5 Å². The molecule has 0 fully saturated rings. The van der Waals surface area contributed by atoms with Gasteiger partial charge in [-0.25, -0.2) is 0 Å². The number of carbonyl (C=O) groups is 4. The fraction of sp³-hybridized carbons (Fsp3) is 0.267. The van der Waals surface area contributed by atoms with Gasteiger partial charge in [-0.05, 0) is 98.5 Å². The predicted octanol–water partition coefficient (Wildman–Crippen LogP) is 3.20. The molecule has 0 radical (unpaired) electrons. The zero-order chi connectivity index (χ0) is 28.7. The minimum atomic E-state index is -0.363. The number of anilines is 2. The summed E-state index contributed by atoms with van der Waals surface area (Å²) in [7, 11) is 0. The van der Waals surface area contributed by atoms with E-state index in [1.807, 2.05) is 0 Å². The van der Waals surface area contributed by atoms with Crippen molar-refractivity contribution in [1.29, 1.82) is 0 Å². The van der Waals surface area contributed by atoms with Crippen LogP contribution in [-0.4, -0.2) is 60.1 Å². The molecular formula is C30H34N4O6. The maximum Gasteiger partial charge on any atom is 0.255 e. The molecule has 0 unspecified atom stereocenters. The lowest BCUT2D eigenvalue weighted by Crippen LogP contribution is -2.24. The van der Waals surface area contributed by atoms with Gasteiger partial charge in [-0.1, -0.05) is 0 Å². The molecule has 0 aliphatic heterocycles. The van der Waals surface area contributed by atoms with Crippen LogP contribution in [0.2, 0.25) is 0 Å². The van der Waals surface area contributed by atoms with Gasteiger partial charge in [0.25, 0.3) is 23.6 Å². The Balaban J connectivity index is 1.49. The topological polar surface area (TPSA) is 157 Å². The molecule has 0 aliphatic carbocycles. The lowest BCUT2D eigenvalue weighted by Gasteiger charge is -2.09. The van der Waals surface area contributed by atoms with Crippen molar-refractivity contribution < 1.29 is 29.4 Å². The summed E-state index contributed by atoms with van der Waals surface area (Å²) in [4.78, 5) is 49.6. The number of nitrogens with one attached hydrogen (secondary N) is 4. The molecule has 40 heavy (non-hydrogen) atoms. The second-order valence-corrected chi connectivity index (χ2v) is 9.01. The van der Waals surface area contributed by atoms with Crippen molar-refractivity contribution in [2.24, 2.45) is 0 Å². The third-order valence-electron chi connectivity index (χ3n) is 5.96. The fourth-order valence-electron chi connectivity index (χ4n) is 3.67. The molecule has 210 valence electrons. The summed E-state index contributed by atoms with van der Waals surface area (Å²) in [5.74, 6) is -1.18. The molecule has 0 saturated carbocycles. The summed E-state index contributed by atoms with van der Waals surface area (Å²) in [6.07, 6.45) is 2.63. The average Bonchev–Trinajstić information content (AvgIpc) is 2.98. The lowest BCUT2D eigenvalue weighted by molar-refractivity contribution is 0.0944. The van der Waals surface area contributed by atoms with Crippen molar-refractivity contribution in [3.8, 4) is 0 Å². The SMILES string of the molecule is O=C(NCCCCO)c1ccc(NC(=O)c2ccc(C(=O)Nc3ccc(C(=O)NCCCCO)cc3)cc2)cc1. The number of hydrogen-bond donors (Lipinski definition) is 6. The molecule has 6 N–H and O–H groups in total. The Labute approximate surface area is 232 Å². The smallest absolute Gasteiger partial charge is 0.255 e. The van der Waals surface area contributed by atoms with Gasteiger partial charge in [0.2, 0.25) is 0 Å². The molecule has 3 aromatic rings. The first-order valence-corrected chi connectivity index (χ1v) is 13.1. The highest BCUT2D eigenvalue weighted by molar-refractivity contribution is 6.07. The van der Waals surface area contributed by atoms with Crippen LogP contribution in [0.3, 0.4) is 0 Å². The molecular weight excluding hydrogens is 512 g/mol. The van der Waals surface area contributed by atoms with E-state index in [-0.39, 0.29) is 36.8 Å². The van der Waals surface area contributed by atoms with E-state index in [9.17, 15) is 19.2 Å². The van der Waals surface area contributed by atoms with Crippen LogP contribution < -0.4 is 21.3 Å². The Kier molecular flexibility index (Phi) is 11.8. The third kappa shape index (κ3) is 9.33. The van der Waals surface area contributed by atoms with E-state index < -0.39 is 0 Å². The third-order valence-corrected chi connectivity index (χ3v) is 5.96. The van der Waals surface area contributed by atoms with Crippen molar-refractivity contribution in [3.63, 3.8) is 0 Å². The summed E-state index contributed by atoms with van der Waals surface area (Å²) < 4.78 is 0. The second kappa shape index (κ2) is 15.8. The Morgan fingerprint density at radius 1 is 0.450 bits per heavy atom. The molecule has 3 aromatic carbocycles.